The Labute approximate surface area is 103 Å². The van der Waals surface area contributed by atoms with E-state index in [9.17, 15) is 0 Å². The van der Waals surface area contributed by atoms with E-state index in [2.05, 4.69) is 35.7 Å². The lowest BCUT2D eigenvalue weighted by atomic mass is 9.99. The highest BCUT2D eigenvalue weighted by molar-refractivity contribution is 5.52. The number of hydrogen-bond donors (Lipinski definition) is 1. The number of likely N-dealkylation sites (N-methyl/N-ethyl adjacent to an activating group) is 1. The van der Waals surface area contributed by atoms with Gasteiger partial charge in [0.25, 0.3) is 0 Å². The molecule has 1 saturated heterocycles. The van der Waals surface area contributed by atoms with Gasteiger partial charge in [0.05, 0.1) is 11.9 Å². The maximum atomic E-state index is 5.79. The molecule has 1 aromatic rings. The summed E-state index contributed by atoms with van der Waals surface area (Å²) in [4.78, 5) is 9.03. The van der Waals surface area contributed by atoms with Gasteiger partial charge < -0.3 is 10.6 Å². The van der Waals surface area contributed by atoms with Crippen molar-refractivity contribution in [1.29, 1.82) is 0 Å². The third-order valence-electron chi connectivity index (χ3n) is 3.76. The van der Waals surface area contributed by atoms with Gasteiger partial charge >= 0.3 is 0 Å². The van der Waals surface area contributed by atoms with Gasteiger partial charge in [0.15, 0.2) is 0 Å². The molecule has 0 saturated carbocycles. The van der Waals surface area contributed by atoms with Crippen LogP contribution >= 0.6 is 0 Å². The van der Waals surface area contributed by atoms with Gasteiger partial charge in [0, 0.05) is 37.9 Å². The molecule has 4 nitrogen and oxygen atoms in total. The lowest BCUT2D eigenvalue weighted by molar-refractivity contribution is 0.138. The summed E-state index contributed by atoms with van der Waals surface area (Å²) in [5.41, 5.74) is 8.35. The van der Waals surface area contributed by atoms with Crippen molar-refractivity contribution in [1.82, 2.24) is 9.88 Å². The number of piperazine rings is 1. The number of aromatic nitrogens is 1. The van der Waals surface area contributed by atoms with E-state index in [1.807, 2.05) is 18.5 Å². The van der Waals surface area contributed by atoms with Crippen LogP contribution < -0.4 is 10.6 Å². The molecule has 1 aliphatic rings. The molecule has 0 radical (unpaired) electrons. The van der Waals surface area contributed by atoms with Crippen molar-refractivity contribution in [2.45, 2.75) is 25.9 Å². The molecule has 0 spiro atoms. The second-order valence-corrected chi connectivity index (χ2v) is 5.36. The summed E-state index contributed by atoms with van der Waals surface area (Å²) in [6, 6.07) is 2.01. The fourth-order valence-corrected chi connectivity index (χ4v) is 2.32. The minimum Gasteiger partial charge on any atom is -0.367 e. The van der Waals surface area contributed by atoms with Crippen molar-refractivity contribution in [3.05, 3.63) is 24.0 Å². The zero-order valence-electron chi connectivity index (χ0n) is 11.0. The summed E-state index contributed by atoms with van der Waals surface area (Å²) < 4.78 is 0. The Morgan fingerprint density at radius 2 is 2.18 bits per heavy atom. The minimum atomic E-state index is 0.194. The fourth-order valence-electron chi connectivity index (χ4n) is 2.32. The molecular weight excluding hydrogens is 212 g/mol. The topological polar surface area (TPSA) is 45.4 Å². The first-order valence-corrected chi connectivity index (χ1v) is 6.14. The van der Waals surface area contributed by atoms with Crippen LogP contribution in [0.3, 0.4) is 0 Å². The lowest BCUT2D eigenvalue weighted by Crippen LogP contribution is -2.57. The maximum Gasteiger partial charge on any atom is 0.0599 e. The molecule has 0 aliphatic carbocycles. The lowest BCUT2D eigenvalue weighted by Gasteiger charge is -2.46. The highest BCUT2D eigenvalue weighted by atomic mass is 15.3. The molecule has 0 aromatic carbocycles. The van der Waals surface area contributed by atoms with Crippen LogP contribution in [-0.2, 0) is 6.54 Å². The highest BCUT2D eigenvalue weighted by Gasteiger charge is 2.31. The third-order valence-corrected chi connectivity index (χ3v) is 3.76. The number of anilines is 1. The van der Waals surface area contributed by atoms with E-state index < -0.39 is 0 Å². The van der Waals surface area contributed by atoms with Gasteiger partial charge in [-0.1, -0.05) is 0 Å². The van der Waals surface area contributed by atoms with Crippen LogP contribution in [0.25, 0.3) is 0 Å². The van der Waals surface area contributed by atoms with E-state index in [4.69, 9.17) is 5.73 Å². The van der Waals surface area contributed by atoms with Crippen molar-refractivity contribution in [3.63, 3.8) is 0 Å². The zero-order valence-corrected chi connectivity index (χ0v) is 11.0. The van der Waals surface area contributed by atoms with Gasteiger partial charge in [-0.25, -0.2) is 0 Å². The SMILES string of the molecule is CN1CCN(c2cnccc2CN)CC1(C)C. The first-order valence-electron chi connectivity index (χ1n) is 6.14. The third kappa shape index (κ3) is 2.42. The Kier molecular flexibility index (Phi) is 3.35. The van der Waals surface area contributed by atoms with Crippen LogP contribution in [0.4, 0.5) is 5.69 Å². The van der Waals surface area contributed by atoms with Crippen molar-refractivity contribution in [3.8, 4) is 0 Å². The van der Waals surface area contributed by atoms with Gasteiger partial charge in [0.1, 0.15) is 0 Å². The Morgan fingerprint density at radius 3 is 2.82 bits per heavy atom. The van der Waals surface area contributed by atoms with Crippen molar-refractivity contribution in [2.75, 3.05) is 31.6 Å². The monoisotopic (exact) mass is 234 g/mol. The second-order valence-electron chi connectivity index (χ2n) is 5.36. The predicted molar refractivity (Wildman–Crippen MR) is 71.1 cm³/mol. The normalized spacial score (nSPS) is 20.6. The number of rotatable bonds is 2. The Hall–Kier alpha value is -1.13. The summed E-state index contributed by atoms with van der Waals surface area (Å²) in [6.45, 7) is 8.26. The number of nitrogens with zero attached hydrogens (tertiary/aromatic N) is 3. The molecule has 4 heteroatoms. The average Bonchev–Trinajstić information content (AvgIpc) is 2.32. The van der Waals surface area contributed by atoms with Crippen LogP contribution in [0.2, 0.25) is 0 Å². The summed E-state index contributed by atoms with van der Waals surface area (Å²) >= 11 is 0. The standard InChI is InChI=1S/C13H22N4/c1-13(2)10-17(7-6-16(13)3)12-9-15-5-4-11(12)8-14/h4-5,9H,6-8,10,14H2,1-3H3. The quantitative estimate of drug-likeness (QED) is 0.831. The molecule has 0 amide bonds. The van der Waals surface area contributed by atoms with E-state index >= 15 is 0 Å². The van der Waals surface area contributed by atoms with Gasteiger partial charge in [-0.2, -0.15) is 0 Å². The van der Waals surface area contributed by atoms with Crippen LogP contribution in [0, 0.1) is 0 Å². The smallest absolute Gasteiger partial charge is 0.0599 e. The largest absolute Gasteiger partial charge is 0.367 e. The van der Waals surface area contributed by atoms with Crippen LogP contribution in [0.5, 0.6) is 0 Å². The summed E-state index contributed by atoms with van der Waals surface area (Å²) in [6.07, 6.45) is 3.75. The number of nitrogens with two attached hydrogens (primary N) is 1. The second kappa shape index (κ2) is 4.63. The van der Waals surface area contributed by atoms with E-state index in [0.717, 1.165) is 19.6 Å². The first-order chi connectivity index (χ1) is 8.04. The molecule has 1 aromatic heterocycles. The summed E-state index contributed by atoms with van der Waals surface area (Å²) in [5.74, 6) is 0. The predicted octanol–water partition coefficient (Wildman–Crippen LogP) is 1.07. The maximum absolute atomic E-state index is 5.79. The van der Waals surface area contributed by atoms with Crippen LogP contribution in [0.15, 0.2) is 18.5 Å². The average molecular weight is 234 g/mol. The fraction of sp³-hybridized carbons (Fsp3) is 0.615. The molecule has 2 rings (SSSR count). The molecule has 0 atom stereocenters. The molecule has 17 heavy (non-hydrogen) atoms. The minimum absolute atomic E-state index is 0.194. The summed E-state index contributed by atoms with van der Waals surface area (Å²) in [7, 11) is 2.18. The molecule has 2 heterocycles. The van der Waals surface area contributed by atoms with E-state index in [1.54, 1.807) is 0 Å². The molecular formula is C13H22N4. The van der Waals surface area contributed by atoms with Gasteiger partial charge in [-0.15, -0.1) is 0 Å². The Morgan fingerprint density at radius 1 is 1.41 bits per heavy atom. The molecule has 2 N–H and O–H groups in total. The van der Waals surface area contributed by atoms with Gasteiger partial charge in [-0.3, -0.25) is 9.88 Å². The van der Waals surface area contributed by atoms with Crippen molar-refractivity contribution in [2.24, 2.45) is 5.73 Å². The molecule has 0 bridgehead atoms. The highest BCUT2D eigenvalue weighted by Crippen LogP contribution is 2.26. The van der Waals surface area contributed by atoms with E-state index in [-0.39, 0.29) is 5.54 Å². The van der Waals surface area contributed by atoms with Crippen molar-refractivity contribution >= 4 is 5.69 Å². The van der Waals surface area contributed by atoms with Crippen LogP contribution in [-0.4, -0.2) is 42.1 Å². The first kappa shape index (κ1) is 12.3. The Balaban J connectivity index is 2.23. The zero-order chi connectivity index (χ0) is 12.5. The number of pyridine rings is 1. The van der Waals surface area contributed by atoms with E-state index in [0.29, 0.717) is 6.54 Å². The molecule has 0 unspecified atom stereocenters. The van der Waals surface area contributed by atoms with Gasteiger partial charge in [0.2, 0.25) is 0 Å². The molecule has 1 aliphatic heterocycles. The van der Waals surface area contributed by atoms with Crippen LogP contribution in [0.1, 0.15) is 19.4 Å². The van der Waals surface area contributed by atoms with Gasteiger partial charge in [-0.05, 0) is 32.5 Å². The Bertz CT molecular complexity index is 389. The molecule has 1 fully saturated rings. The van der Waals surface area contributed by atoms with E-state index in [1.165, 1.54) is 11.3 Å². The van der Waals surface area contributed by atoms with Crippen molar-refractivity contribution < 1.29 is 0 Å². The summed E-state index contributed by atoms with van der Waals surface area (Å²) in [5, 5.41) is 0. The molecule has 94 valence electrons. The number of hydrogen-bond acceptors (Lipinski definition) is 4.